The summed E-state index contributed by atoms with van der Waals surface area (Å²) in [5.41, 5.74) is 0. The average Bonchev–Trinajstić information content (AvgIpc) is 1.87. The molecule has 0 unspecified atom stereocenters. The number of ether oxygens (including phenoxy) is 1. The molecule has 10 heavy (non-hydrogen) atoms. The van der Waals surface area contributed by atoms with E-state index in [-0.39, 0.29) is 5.29 Å². The maximum absolute atomic E-state index is 6.69. The van der Waals surface area contributed by atoms with Gasteiger partial charge in [-0.3, -0.25) is 5.41 Å². The second-order valence-corrected chi connectivity index (χ2v) is 1.91. The topological polar surface area (TPSA) is 45.4 Å². The molecule has 0 saturated heterocycles. The van der Waals surface area contributed by atoms with Crippen LogP contribution in [0.5, 0.6) is 0 Å². The Hall–Kier alpha value is -0.830. The molecule has 0 aromatic heterocycles. The van der Waals surface area contributed by atoms with E-state index < -0.39 is 0 Å². The summed E-state index contributed by atoms with van der Waals surface area (Å²) in [5.74, 6) is 0.724. The zero-order valence-electron chi connectivity index (χ0n) is 5.89. The summed E-state index contributed by atoms with van der Waals surface area (Å²) in [5, 5.41) is 6.46. The largest absolute Gasteiger partial charge is 0.501 e. The van der Waals surface area contributed by atoms with Crippen LogP contribution in [0.1, 0.15) is 6.92 Å². The van der Waals surface area contributed by atoms with Crippen molar-refractivity contribution in [3.63, 3.8) is 0 Å². The highest BCUT2D eigenvalue weighted by Gasteiger charge is 1.80. The van der Waals surface area contributed by atoms with Crippen LogP contribution >= 0.6 is 11.6 Å². The van der Waals surface area contributed by atoms with Gasteiger partial charge in [0.2, 0.25) is 5.29 Å². The molecule has 0 bridgehead atoms. The number of amidine groups is 1. The van der Waals surface area contributed by atoms with Gasteiger partial charge in [0.05, 0.1) is 12.9 Å². The lowest BCUT2D eigenvalue weighted by Crippen LogP contribution is -1.81. The van der Waals surface area contributed by atoms with E-state index >= 15 is 0 Å². The minimum atomic E-state index is -0.236. The number of nitrogens with one attached hydrogen (secondary N) is 1. The summed E-state index contributed by atoms with van der Waals surface area (Å²) in [7, 11) is 1.56. The quantitative estimate of drug-likeness (QED) is 0.285. The van der Waals surface area contributed by atoms with E-state index in [1.54, 1.807) is 20.1 Å². The Morgan fingerprint density at radius 3 is 2.70 bits per heavy atom. The Bertz CT molecular complexity index is 175. The Morgan fingerprint density at radius 2 is 2.30 bits per heavy atom. The molecule has 0 radical (unpaired) electrons. The minimum absolute atomic E-state index is 0.236. The monoisotopic (exact) mass is 160 g/mol. The Morgan fingerprint density at radius 1 is 1.70 bits per heavy atom. The maximum Gasteiger partial charge on any atom is 0.214 e. The highest BCUT2D eigenvalue weighted by Crippen LogP contribution is 1.89. The van der Waals surface area contributed by atoms with Crippen molar-refractivity contribution in [3.05, 3.63) is 11.8 Å². The predicted octanol–water partition coefficient (Wildman–Crippen LogP) is 1.78. The SMILES string of the molecule is CO/C(C)=C/C=N\C(=N)Cl. The standard InChI is InChI=1S/C6H9ClN2O/c1-5(10-2)3-4-9-6(7)8/h3-4,8H,1-2H3/b5-3+,8-6?,9-4-. The van der Waals surface area contributed by atoms with Crippen molar-refractivity contribution in [2.75, 3.05) is 7.11 Å². The van der Waals surface area contributed by atoms with Crippen molar-refractivity contribution in [1.82, 2.24) is 0 Å². The van der Waals surface area contributed by atoms with Crippen molar-refractivity contribution in [1.29, 1.82) is 5.41 Å². The van der Waals surface area contributed by atoms with Crippen LogP contribution in [-0.4, -0.2) is 18.6 Å². The molecule has 0 atom stereocenters. The lowest BCUT2D eigenvalue weighted by molar-refractivity contribution is 0.294. The van der Waals surface area contributed by atoms with Gasteiger partial charge in [-0.25, -0.2) is 4.99 Å². The van der Waals surface area contributed by atoms with Gasteiger partial charge in [-0.05, 0) is 24.6 Å². The first-order valence-electron chi connectivity index (χ1n) is 2.66. The van der Waals surface area contributed by atoms with E-state index in [1.807, 2.05) is 0 Å². The Kier molecular flexibility index (Phi) is 4.58. The van der Waals surface area contributed by atoms with Gasteiger partial charge in [-0.15, -0.1) is 0 Å². The van der Waals surface area contributed by atoms with Gasteiger partial charge >= 0.3 is 0 Å². The molecule has 0 aliphatic rings. The molecule has 0 fully saturated rings. The summed E-state index contributed by atoms with van der Waals surface area (Å²) < 4.78 is 4.79. The van der Waals surface area contributed by atoms with Crippen LogP contribution in [0.15, 0.2) is 16.8 Å². The van der Waals surface area contributed by atoms with Gasteiger partial charge in [0, 0.05) is 6.21 Å². The maximum atomic E-state index is 6.69. The number of rotatable bonds is 2. The van der Waals surface area contributed by atoms with Crippen molar-refractivity contribution in [2.45, 2.75) is 6.92 Å². The van der Waals surface area contributed by atoms with Gasteiger partial charge in [0.1, 0.15) is 0 Å². The van der Waals surface area contributed by atoms with Crippen LogP contribution in [0.4, 0.5) is 0 Å². The molecule has 0 aromatic rings. The third-order valence-corrected chi connectivity index (χ3v) is 0.917. The molecule has 0 rings (SSSR count). The molecule has 0 aromatic carbocycles. The number of halogens is 1. The Balaban J connectivity index is 3.82. The number of hydrogen-bond acceptors (Lipinski definition) is 2. The molecule has 0 heterocycles. The lowest BCUT2D eigenvalue weighted by atomic mass is 10.5. The normalized spacial score (nSPS) is 12.1. The van der Waals surface area contributed by atoms with E-state index in [0.717, 1.165) is 5.76 Å². The number of hydrogen-bond donors (Lipinski definition) is 1. The molecule has 56 valence electrons. The van der Waals surface area contributed by atoms with Gasteiger partial charge in [0.15, 0.2) is 0 Å². The second-order valence-electron chi connectivity index (χ2n) is 1.55. The zero-order valence-corrected chi connectivity index (χ0v) is 6.64. The second kappa shape index (κ2) is 4.99. The molecule has 0 aliphatic heterocycles. The molecule has 3 nitrogen and oxygen atoms in total. The molecular formula is C6H9ClN2O. The van der Waals surface area contributed by atoms with Crippen LogP contribution in [0, 0.1) is 5.41 Å². The molecule has 4 heteroatoms. The fourth-order valence-electron chi connectivity index (χ4n) is 0.276. The first kappa shape index (κ1) is 9.17. The van der Waals surface area contributed by atoms with Gasteiger partial charge in [0.25, 0.3) is 0 Å². The van der Waals surface area contributed by atoms with E-state index in [0.29, 0.717) is 0 Å². The molecule has 0 spiro atoms. The van der Waals surface area contributed by atoms with E-state index in [2.05, 4.69) is 4.99 Å². The highest BCUT2D eigenvalue weighted by molar-refractivity contribution is 6.64. The van der Waals surface area contributed by atoms with Gasteiger partial charge in [-0.2, -0.15) is 0 Å². The molecule has 0 aliphatic carbocycles. The van der Waals surface area contributed by atoms with Crippen molar-refractivity contribution < 1.29 is 4.74 Å². The van der Waals surface area contributed by atoms with Crippen LogP contribution in [-0.2, 0) is 4.74 Å². The van der Waals surface area contributed by atoms with Crippen LogP contribution in [0.25, 0.3) is 0 Å². The summed E-state index contributed by atoms with van der Waals surface area (Å²) in [6, 6.07) is 0. The molecule has 0 amide bonds. The molecule has 0 saturated carbocycles. The first-order valence-corrected chi connectivity index (χ1v) is 3.03. The van der Waals surface area contributed by atoms with Gasteiger partial charge < -0.3 is 4.74 Å². The van der Waals surface area contributed by atoms with E-state index in [9.17, 15) is 0 Å². The third-order valence-electron chi connectivity index (χ3n) is 0.819. The summed E-state index contributed by atoms with van der Waals surface area (Å²) in [4.78, 5) is 3.48. The number of aliphatic imine (C=N–C) groups is 1. The van der Waals surface area contributed by atoms with Gasteiger partial charge in [-0.1, -0.05) is 0 Å². The lowest BCUT2D eigenvalue weighted by Gasteiger charge is -1.92. The molecular weight excluding hydrogens is 152 g/mol. The minimum Gasteiger partial charge on any atom is -0.501 e. The number of nitrogens with zero attached hydrogens (tertiary/aromatic N) is 1. The number of allylic oxidation sites excluding steroid dienone is 2. The average molecular weight is 161 g/mol. The molecule has 1 N–H and O–H groups in total. The Labute approximate surface area is 64.9 Å². The number of methoxy groups -OCH3 is 1. The first-order chi connectivity index (χ1) is 4.66. The van der Waals surface area contributed by atoms with E-state index in [1.165, 1.54) is 6.21 Å². The van der Waals surface area contributed by atoms with E-state index in [4.69, 9.17) is 21.7 Å². The van der Waals surface area contributed by atoms with Crippen molar-refractivity contribution >= 4 is 23.1 Å². The fraction of sp³-hybridized carbons (Fsp3) is 0.333. The predicted molar refractivity (Wildman–Crippen MR) is 42.8 cm³/mol. The summed E-state index contributed by atoms with van der Waals surface area (Å²) >= 11 is 5.12. The highest BCUT2D eigenvalue weighted by atomic mass is 35.5. The van der Waals surface area contributed by atoms with Crippen molar-refractivity contribution in [3.8, 4) is 0 Å². The van der Waals surface area contributed by atoms with Crippen LogP contribution in [0.3, 0.4) is 0 Å². The smallest absolute Gasteiger partial charge is 0.214 e. The zero-order chi connectivity index (χ0) is 7.98. The van der Waals surface area contributed by atoms with Crippen LogP contribution < -0.4 is 0 Å². The summed E-state index contributed by atoms with van der Waals surface area (Å²) in [6.45, 7) is 1.78. The fourth-order valence-corrected chi connectivity index (χ4v) is 0.332. The van der Waals surface area contributed by atoms with Crippen LogP contribution in [0.2, 0.25) is 0 Å². The van der Waals surface area contributed by atoms with Crippen molar-refractivity contribution in [2.24, 2.45) is 4.99 Å². The third kappa shape index (κ3) is 5.31. The summed E-state index contributed by atoms with van der Waals surface area (Å²) in [6.07, 6.45) is 3.03.